The van der Waals surface area contributed by atoms with Crippen LogP contribution < -0.4 is 5.32 Å². The quantitative estimate of drug-likeness (QED) is 0.493. The van der Waals surface area contributed by atoms with E-state index in [2.05, 4.69) is 32.4 Å². The van der Waals surface area contributed by atoms with Crippen LogP contribution in [0.5, 0.6) is 0 Å². The van der Waals surface area contributed by atoms with Crippen LogP contribution in [0.15, 0.2) is 42.5 Å². The normalized spacial score (nSPS) is 16.8. The molecule has 11 nitrogen and oxygen atoms in total. The van der Waals surface area contributed by atoms with Gasteiger partial charge in [-0.25, -0.2) is 12.9 Å². The maximum absolute atomic E-state index is 12.0. The van der Waals surface area contributed by atoms with E-state index in [-0.39, 0.29) is 52.2 Å². The monoisotopic (exact) mass is 515 g/mol. The van der Waals surface area contributed by atoms with Crippen LogP contribution in [-0.4, -0.2) is 74.8 Å². The highest BCUT2D eigenvalue weighted by Crippen LogP contribution is 2.30. The second-order valence-corrected chi connectivity index (χ2v) is 10.3. The lowest BCUT2D eigenvalue weighted by Gasteiger charge is -2.26. The highest BCUT2D eigenvalue weighted by Gasteiger charge is 2.30. The van der Waals surface area contributed by atoms with E-state index in [9.17, 15) is 13.2 Å². The first-order valence-corrected chi connectivity index (χ1v) is 12.0. The first kappa shape index (κ1) is 29.4. The Morgan fingerprint density at radius 3 is 2.26 bits per heavy atom. The molecule has 2 aliphatic rings. The Bertz CT molecular complexity index is 1200. The van der Waals surface area contributed by atoms with Crippen LogP contribution in [0.25, 0.3) is 16.9 Å². The van der Waals surface area contributed by atoms with E-state index in [1.54, 1.807) is 4.52 Å². The number of hydrogen-bond donors (Lipinski definition) is 1. The Morgan fingerprint density at radius 2 is 1.65 bits per heavy atom. The van der Waals surface area contributed by atoms with Crippen molar-refractivity contribution >= 4 is 39.7 Å². The molecule has 0 bridgehead atoms. The lowest BCUT2D eigenvalue weighted by Crippen LogP contribution is -2.39. The van der Waals surface area contributed by atoms with Crippen LogP contribution in [0.2, 0.25) is 0 Å². The number of carbonyl (C=O) groups is 1. The van der Waals surface area contributed by atoms with Gasteiger partial charge < -0.3 is 16.4 Å². The van der Waals surface area contributed by atoms with Crippen molar-refractivity contribution < 1.29 is 29.6 Å². The molecule has 1 aliphatic heterocycles. The van der Waals surface area contributed by atoms with Crippen LogP contribution in [0.1, 0.15) is 18.4 Å². The van der Waals surface area contributed by atoms with E-state index in [0.717, 1.165) is 36.2 Å². The fourth-order valence-electron chi connectivity index (χ4n) is 3.68. The number of rotatable bonds is 5. The Balaban J connectivity index is 0.00000144. The van der Waals surface area contributed by atoms with Crippen LogP contribution >= 0.6 is 12.4 Å². The Morgan fingerprint density at radius 1 is 1.00 bits per heavy atom. The molecule has 2 aromatic heterocycles. The lowest BCUT2D eigenvalue weighted by atomic mass is 10.1. The summed E-state index contributed by atoms with van der Waals surface area (Å²) in [6.07, 6.45) is 1.87. The molecule has 7 N–H and O–H groups in total. The Labute approximate surface area is 203 Å². The molecule has 0 spiro atoms. The standard InChI is InChI=1S/C21H23N5O3S.ClH.3H2O/c27-20(17-8-9-17)23-21-22-19-3-1-2-18(26(19)24-21)16-6-4-15(5-7-16)14-25-10-12-30(28,29)13-11-25;;;;/h1-7,17H,8-14H2,(H,23,24,27);1H;3*1H2. The van der Waals surface area contributed by atoms with Gasteiger partial charge in [0.15, 0.2) is 15.5 Å². The number of carbonyl (C=O) groups excluding carboxylic acids is 1. The molecular formula is C21H30ClN5O6S. The van der Waals surface area contributed by atoms with Crippen molar-refractivity contribution in [3.8, 4) is 11.3 Å². The molecule has 1 amide bonds. The zero-order valence-corrected chi connectivity index (χ0v) is 20.0. The molecular weight excluding hydrogens is 486 g/mol. The molecule has 13 heteroatoms. The molecule has 0 atom stereocenters. The van der Waals surface area contributed by atoms with Gasteiger partial charge in [-0.15, -0.1) is 17.5 Å². The number of nitrogens with zero attached hydrogens (tertiary/aromatic N) is 4. The highest BCUT2D eigenvalue weighted by molar-refractivity contribution is 7.91. The third-order valence-electron chi connectivity index (χ3n) is 5.64. The van der Waals surface area contributed by atoms with Crippen molar-refractivity contribution in [3.05, 3.63) is 48.0 Å². The number of aromatic nitrogens is 3. The molecule has 2 fully saturated rings. The average Bonchev–Trinajstić information content (AvgIpc) is 3.50. The van der Waals surface area contributed by atoms with E-state index in [1.165, 1.54) is 0 Å². The van der Waals surface area contributed by atoms with Crippen LogP contribution in [0.4, 0.5) is 5.95 Å². The molecule has 1 aromatic carbocycles. The van der Waals surface area contributed by atoms with Crippen LogP contribution in [-0.2, 0) is 21.2 Å². The van der Waals surface area contributed by atoms with E-state index < -0.39 is 9.84 Å². The first-order chi connectivity index (χ1) is 14.5. The summed E-state index contributed by atoms with van der Waals surface area (Å²) >= 11 is 0. The third kappa shape index (κ3) is 6.50. The minimum atomic E-state index is -2.86. The summed E-state index contributed by atoms with van der Waals surface area (Å²) < 4.78 is 24.9. The van der Waals surface area contributed by atoms with E-state index in [4.69, 9.17) is 0 Å². The minimum Gasteiger partial charge on any atom is -0.412 e. The Kier molecular flexibility index (Phi) is 10.1. The summed E-state index contributed by atoms with van der Waals surface area (Å²) in [5.41, 5.74) is 3.71. The minimum absolute atomic E-state index is 0. The summed E-state index contributed by atoms with van der Waals surface area (Å²) in [6, 6.07) is 14.0. The second kappa shape index (κ2) is 11.7. The fourth-order valence-corrected chi connectivity index (χ4v) is 4.96. The Hall–Kier alpha value is -2.61. The van der Waals surface area contributed by atoms with Gasteiger partial charge in [-0.1, -0.05) is 30.3 Å². The highest BCUT2D eigenvalue weighted by atomic mass is 35.5. The van der Waals surface area contributed by atoms with Gasteiger partial charge in [-0.05, 0) is 30.5 Å². The van der Waals surface area contributed by atoms with Gasteiger partial charge in [0.2, 0.25) is 11.9 Å². The van der Waals surface area contributed by atoms with Gasteiger partial charge in [0.1, 0.15) is 0 Å². The van der Waals surface area contributed by atoms with Gasteiger partial charge in [0.25, 0.3) is 0 Å². The molecule has 188 valence electrons. The van der Waals surface area contributed by atoms with Crippen molar-refractivity contribution in [1.29, 1.82) is 0 Å². The summed E-state index contributed by atoms with van der Waals surface area (Å²) in [5.74, 6) is 0.889. The smallest absolute Gasteiger partial charge is 0.249 e. The zero-order chi connectivity index (χ0) is 20.7. The number of nitrogens with one attached hydrogen (secondary N) is 1. The number of fused-ring (bicyclic) bond motifs is 1. The number of hydrogen-bond acceptors (Lipinski definition) is 6. The molecule has 0 radical (unpaired) electrons. The fraction of sp³-hybridized carbons (Fsp3) is 0.381. The van der Waals surface area contributed by atoms with Gasteiger partial charge in [0.05, 0.1) is 17.2 Å². The summed E-state index contributed by atoms with van der Waals surface area (Å²) in [7, 11) is -2.86. The average molecular weight is 516 g/mol. The van der Waals surface area contributed by atoms with Crippen molar-refractivity contribution in [2.75, 3.05) is 29.9 Å². The van der Waals surface area contributed by atoms with Crippen molar-refractivity contribution in [2.24, 2.45) is 5.92 Å². The summed E-state index contributed by atoms with van der Waals surface area (Å²) in [5, 5.41) is 7.28. The van der Waals surface area contributed by atoms with Gasteiger partial charge in [-0.3, -0.25) is 15.0 Å². The number of pyridine rings is 1. The predicted molar refractivity (Wildman–Crippen MR) is 132 cm³/mol. The number of halogens is 1. The largest absolute Gasteiger partial charge is 0.412 e. The number of anilines is 1. The number of amides is 1. The van der Waals surface area contributed by atoms with Crippen molar-refractivity contribution in [1.82, 2.24) is 19.5 Å². The zero-order valence-electron chi connectivity index (χ0n) is 18.4. The molecule has 3 aromatic rings. The van der Waals surface area contributed by atoms with E-state index in [0.29, 0.717) is 24.7 Å². The summed E-state index contributed by atoms with van der Waals surface area (Å²) in [6.45, 7) is 1.90. The molecule has 1 saturated heterocycles. The SMILES string of the molecule is Cl.O.O.O.O=C(Nc1nc2cccc(-c3ccc(CN4CCS(=O)(=O)CC4)cc3)n2n1)C1CC1. The van der Waals surface area contributed by atoms with E-state index >= 15 is 0 Å². The lowest BCUT2D eigenvalue weighted by molar-refractivity contribution is -0.117. The second-order valence-electron chi connectivity index (χ2n) is 8.00. The third-order valence-corrected chi connectivity index (χ3v) is 7.24. The maximum Gasteiger partial charge on any atom is 0.249 e. The topological polar surface area (TPSA) is 191 Å². The first-order valence-electron chi connectivity index (χ1n) is 10.2. The van der Waals surface area contributed by atoms with Gasteiger partial charge in [0, 0.05) is 31.1 Å². The maximum atomic E-state index is 12.0. The predicted octanol–water partition coefficient (Wildman–Crippen LogP) is -0.0771. The number of benzene rings is 1. The molecule has 3 heterocycles. The molecule has 0 unspecified atom stereocenters. The van der Waals surface area contributed by atoms with Crippen LogP contribution in [0.3, 0.4) is 0 Å². The van der Waals surface area contributed by atoms with Gasteiger partial charge >= 0.3 is 0 Å². The van der Waals surface area contributed by atoms with E-state index in [1.807, 2.05) is 30.3 Å². The molecule has 1 aliphatic carbocycles. The van der Waals surface area contributed by atoms with Gasteiger partial charge in [-0.2, -0.15) is 4.98 Å². The van der Waals surface area contributed by atoms with Crippen molar-refractivity contribution in [3.63, 3.8) is 0 Å². The van der Waals surface area contributed by atoms with Crippen LogP contribution in [0, 0.1) is 5.92 Å². The molecule has 1 saturated carbocycles. The molecule has 5 rings (SSSR count). The summed E-state index contributed by atoms with van der Waals surface area (Å²) in [4.78, 5) is 18.6. The number of sulfone groups is 1. The van der Waals surface area contributed by atoms with Crippen molar-refractivity contribution in [2.45, 2.75) is 19.4 Å². The molecule has 34 heavy (non-hydrogen) atoms.